The summed E-state index contributed by atoms with van der Waals surface area (Å²) in [6.45, 7) is 0. The number of benzene rings is 1. The van der Waals surface area contributed by atoms with Crippen molar-refractivity contribution in [1.29, 1.82) is 0 Å². The van der Waals surface area contributed by atoms with E-state index in [0.717, 1.165) is 10.9 Å². The molecule has 0 atom stereocenters. The zero-order valence-electron chi connectivity index (χ0n) is 7.27. The van der Waals surface area contributed by atoms with Gasteiger partial charge in [-0.25, -0.2) is 9.78 Å². The second-order valence-corrected chi connectivity index (χ2v) is 3.10. The van der Waals surface area contributed by atoms with Gasteiger partial charge in [-0.15, -0.1) is 0 Å². The van der Waals surface area contributed by atoms with Gasteiger partial charge in [0.1, 0.15) is 5.65 Å². The van der Waals surface area contributed by atoms with Crippen LogP contribution in [0.5, 0.6) is 0 Å². The minimum absolute atomic E-state index is 0.156. The lowest BCUT2D eigenvalue weighted by Crippen LogP contribution is -2.15. The van der Waals surface area contributed by atoms with E-state index < -0.39 is 0 Å². The van der Waals surface area contributed by atoms with Crippen molar-refractivity contribution in [3.05, 3.63) is 47.1 Å². The van der Waals surface area contributed by atoms with Gasteiger partial charge in [0.2, 0.25) is 0 Å². The van der Waals surface area contributed by atoms with Crippen LogP contribution in [0.4, 0.5) is 0 Å². The zero-order chi connectivity index (χ0) is 9.54. The van der Waals surface area contributed by atoms with Crippen LogP contribution in [-0.2, 0) is 0 Å². The Hall–Kier alpha value is -2.10. The van der Waals surface area contributed by atoms with Crippen molar-refractivity contribution in [2.24, 2.45) is 0 Å². The van der Waals surface area contributed by atoms with Crippen LogP contribution in [-0.4, -0.2) is 14.4 Å². The molecule has 2 aromatic heterocycles. The maximum absolute atomic E-state index is 11.5. The van der Waals surface area contributed by atoms with Gasteiger partial charge in [-0.2, -0.15) is 0 Å². The topological polar surface area (TPSA) is 50.2 Å². The highest BCUT2D eigenvalue weighted by Gasteiger charge is 2.03. The first-order valence-electron chi connectivity index (χ1n) is 4.30. The number of para-hydroxylation sites is 1. The van der Waals surface area contributed by atoms with Crippen molar-refractivity contribution in [2.75, 3.05) is 0 Å². The lowest BCUT2D eigenvalue weighted by atomic mass is 10.2. The van der Waals surface area contributed by atoms with Crippen LogP contribution in [0.2, 0.25) is 0 Å². The molecule has 2 heterocycles. The van der Waals surface area contributed by atoms with E-state index in [-0.39, 0.29) is 5.69 Å². The summed E-state index contributed by atoms with van der Waals surface area (Å²) in [7, 11) is 0. The Morgan fingerprint density at radius 1 is 1.29 bits per heavy atom. The van der Waals surface area contributed by atoms with Crippen LogP contribution in [0.1, 0.15) is 0 Å². The summed E-state index contributed by atoms with van der Waals surface area (Å²) in [6, 6.07) is 7.62. The number of imidazole rings is 1. The molecule has 0 unspecified atom stereocenters. The molecule has 0 aliphatic rings. The van der Waals surface area contributed by atoms with Gasteiger partial charge in [0.15, 0.2) is 0 Å². The molecule has 0 bridgehead atoms. The van der Waals surface area contributed by atoms with Crippen LogP contribution in [0, 0.1) is 0 Å². The van der Waals surface area contributed by atoms with E-state index in [9.17, 15) is 4.79 Å². The van der Waals surface area contributed by atoms with E-state index in [2.05, 4.69) is 9.97 Å². The molecular weight excluding hydrogens is 178 g/mol. The molecule has 1 aromatic carbocycles. The van der Waals surface area contributed by atoms with E-state index in [1.54, 1.807) is 12.4 Å². The van der Waals surface area contributed by atoms with Gasteiger partial charge in [0.05, 0.1) is 5.52 Å². The first-order chi connectivity index (χ1) is 6.86. The summed E-state index contributed by atoms with van der Waals surface area (Å²) in [5.74, 6) is 0. The van der Waals surface area contributed by atoms with Gasteiger partial charge < -0.3 is 4.98 Å². The average molecular weight is 185 g/mol. The number of nitrogens with zero attached hydrogens (tertiary/aromatic N) is 2. The van der Waals surface area contributed by atoms with E-state index in [0.29, 0.717) is 5.65 Å². The molecule has 0 amide bonds. The third-order valence-electron chi connectivity index (χ3n) is 2.27. The van der Waals surface area contributed by atoms with Gasteiger partial charge >= 0.3 is 5.69 Å². The monoisotopic (exact) mass is 185 g/mol. The van der Waals surface area contributed by atoms with Gasteiger partial charge in [-0.1, -0.05) is 12.1 Å². The van der Waals surface area contributed by atoms with Crippen LogP contribution < -0.4 is 5.69 Å². The molecule has 3 aromatic rings. The second-order valence-electron chi connectivity index (χ2n) is 3.10. The molecule has 4 heteroatoms. The Bertz CT molecular complexity index is 665. The molecule has 68 valence electrons. The molecule has 0 saturated carbocycles. The van der Waals surface area contributed by atoms with E-state index in [1.807, 2.05) is 24.3 Å². The fourth-order valence-electron chi connectivity index (χ4n) is 1.63. The first kappa shape index (κ1) is 7.32. The lowest BCUT2D eigenvalue weighted by Gasteiger charge is -1.98. The largest absolute Gasteiger partial charge is 0.331 e. The maximum atomic E-state index is 11.5. The predicted octanol–water partition coefficient (Wildman–Crippen LogP) is 1.18. The molecule has 0 aliphatic heterocycles. The van der Waals surface area contributed by atoms with Crippen LogP contribution in [0.3, 0.4) is 0 Å². The molecule has 0 fully saturated rings. The van der Waals surface area contributed by atoms with Crippen LogP contribution in [0.25, 0.3) is 16.6 Å². The SMILES string of the molecule is O=c1[nH]c2ccccc2c2nccn12. The smallest absolute Gasteiger partial charge is 0.306 e. The standard InChI is InChI=1S/C10H7N3O/c14-10-12-8-4-2-1-3-7(8)9-11-5-6-13(9)10/h1-6H,(H,12,14). The molecule has 4 nitrogen and oxygen atoms in total. The Morgan fingerprint density at radius 3 is 3.07 bits per heavy atom. The normalized spacial score (nSPS) is 11.1. The van der Waals surface area contributed by atoms with E-state index in [4.69, 9.17) is 0 Å². The molecule has 0 aliphatic carbocycles. The molecule has 0 spiro atoms. The highest BCUT2D eigenvalue weighted by Crippen LogP contribution is 2.13. The van der Waals surface area contributed by atoms with Gasteiger partial charge in [0.25, 0.3) is 0 Å². The second kappa shape index (κ2) is 2.45. The highest BCUT2D eigenvalue weighted by atomic mass is 16.1. The summed E-state index contributed by atoms with van der Waals surface area (Å²) in [6.07, 6.45) is 3.28. The molecular formula is C10H7N3O. The minimum atomic E-state index is -0.156. The quantitative estimate of drug-likeness (QED) is 0.571. The van der Waals surface area contributed by atoms with Crippen molar-refractivity contribution < 1.29 is 0 Å². The van der Waals surface area contributed by atoms with Crippen LogP contribution >= 0.6 is 0 Å². The number of fused-ring (bicyclic) bond motifs is 3. The zero-order valence-corrected chi connectivity index (χ0v) is 7.27. The van der Waals surface area contributed by atoms with E-state index in [1.165, 1.54) is 4.40 Å². The summed E-state index contributed by atoms with van der Waals surface area (Å²) in [5.41, 5.74) is 1.36. The number of aromatic nitrogens is 3. The van der Waals surface area contributed by atoms with Gasteiger partial charge in [-0.05, 0) is 12.1 Å². The third kappa shape index (κ3) is 0.821. The van der Waals surface area contributed by atoms with Gasteiger partial charge in [0, 0.05) is 17.8 Å². The Labute approximate surface area is 78.8 Å². The summed E-state index contributed by atoms with van der Waals surface area (Å²) in [5, 5.41) is 0.956. The number of rotatable bonds is 0. The third-order valence-corrected chi connectivity index (χ3v) is 2.27. The first-order valence-corrected chi connectivity index (χ1v) is 4.30. The number of H-pyrrole nitrogens is 1. The Balaban J connectivity index is 2.73. The maximum Gasteiger partial charge on any atom is 0.331 e. The van der Waals surface area contributed by atoms with Crippen LogP contribution in [0.15, 0.2) is 41.5 Å². The fraction of sp³-hybridized carbons (Fsp3) is 0. The molecule has 3 rings (SSSR count). The average Bonchev–Trinajstić information content (AvgIpc) is 2.67. The number of hydrogen-bond donors (Lipinski definition) is 1. The van der Waals surface area contributed by atoms with Crippen molar-refractivity contribution in [2.45, 2.75) is 0 Å². The highest BCUT2D eigenvalue weighted by molar-refractivity contribution is 5.90. The Kier molecular flexibility index (Phi) is 1.28. The minimum Gasteiger partial charge on any atom is -0.306 e. The van der Waals surface area contributed by atoms with Crippen molar-refractivity contribution in [1.82, 2.24) is 14.4 Å². The number of aromatic amines is 1. The van der Waals surface area contributed by atoms with E-state index >= 15 is 0 Å². The summed E-state index contributed by atoms with van der Waals surface area (Å²) in [4.78, 5) is 18.5. The summed E-state index contributed by atoms with van der Waals surface area (Å²) >= 11 is 0. The number of hydrogen-bond acceptors (Lipinski definition) is 2. The molecule has 0 radical (unpaired) electrons. The van der Waals surface area contributed by atoms with Crippen molar-refractivity contribution in [3.63, 3.8) is 0 Å². The van der Waals surface area contributed by atoms with Gasteiger partial charge in [-0.3, -0.25) is 4.40 Å². The predicted molar refractivity (Wildman–Crippen MR) is 53.3 cm³/mol. The summed E-state index contributed by atoms with van der Waals surface area (Å²) < 4.78 is 1.50. The number of nitrogens with one attached hydrogen (secondary N) is 1. The lowest BCUT2D eigenvalue weighted by molar-refractivity contribution is 1.03. The van der Waals surface area contributed by atoms with Crippen molar-refractivity contribution in [3.8, 4) is 0 Å². The fourth-order valence-corrected chi connectivity index (χ4v) is 1.63. The Morgan fingerprint density at radius 2 is 2.14 bits per heavy atom. The molecule has 0 saturated heterocycles. The molecule has 1 N–H and O–H groups in total. The molecule has 14 heavy (non-hydrogen) atoms. The van der Waals surface area contributed by atoms with Crippen molar-refractivity contribution >= 4 is 16.6 Å².